The third-order valence-electron chi connectivity index (χ3n) is 4.59. The van der Waals surface area contributed by atoms with E-state index in [4.69, 9.17) is 21.1 Å². The highest BCUT2D eigenvalue weighted by molar-refractivity contribution is 7.90. The van der Waals surface area contributed by atoms with Crippen molar-refractivity contribution in [3.8, 4) is 5.75 Å². The summed E-state index contributed by atoms with van der Waals surface area (Å²) in [5, 5.41) is 0.175. The molecule has 1 heterocycles. The lowest BCUT2D eigenvalue weighted by atomic mass is 9.92. The Morgan fingerprint density at radius 3 is 2.43 bits per heavy atom. The number of ether oxygens (including phenoxy) is 2. The van der Waals surface area contributed by atoms with Crippen LogP contribution < -0.4 is 4.74 Å². The normalized spacial score (nSPS) is 16.1. The molecule has 8 heteroatoms. The van der Waals surface area contributed by atoms with Crippen molar-refractivity contribution in [1.29, 1.82) is 0 Å². The summed E-state index contributed by atoms with van der Waals surface area (Å²) in [6.07, 6.45) is 4.74. The highest BCUT2D eigenvalue weighted by Crippen LogP contribution is 2.27. The van der Waals surface area contributed by atoms with Gasteiger partial charge in [-0.3, -0.25) is 0 Å². The van der Waals surface area contributed by atoms with Crippen LogP contribution in [0.25, 0.3) is 0 Å². The molecule has 158 valence electrons. The largest absolute Gasteiger partial charge is 0.494 e. The van der Waals surface area contributed by atoms with Crippen LogP contribution in [-0.4, -0.2) is 51.0 Å². The van der Waals surface area contributed by atoms with E-state index in [2.05, 4.69) is 0 Å². The molecule has 1 aliphatic heterocycles. The predicted octanol–water partition coefficient (Wildman–Crippen LogP) is 4.55. The van der Waals surface area contributed by atoms with Crippen LogP contribution in [0.15, 0.2) is 23.1 Å². The first-order valence-electron chi connectivity index (χ1n) is 9.56. The van der Waals surface area contributed by atoms with Gasteiger partial charge in [0.15, 0.2) is 9.84 Å². The van der Waals surface area contributed by atoms with Crippen LogP contribution in [-0.2, 0) is 14.6 Å². The smallest absolute Gasteiger partial charge is 0.410 e. The molecular formula is C20H30ClNO5S. The molecule has 2 rings (SSSR count). The number of halogens is 1. The zero-order chi connectivity index (χ0) is 20.9. The van der Waals surface area contributed by atoms with E-state index in [1.807, 2.05) is 20.8 Å². The van der Waals surface area contributed by atoms with Crippen molar-refractivity contribution in [2.45, 2.75) is 57.0 Å². The van der Waals surface area contributed by atoms with Gasteiger partial charge in [-0.15, -0.1) is 0 Å². The molecule has 0 spiro atoms. The Morgan fingerprint density at radius 2 is 1.89 bits per heavy atom. The molecular weight excluding hydrogens is 402 g/mol. The average Bonchev–Trinajstić information content (AvgIpc) is 2.56. The average molecular weight is 432 g/mol. The van der Waals surface area contributed by atoms with E-state index < -0.39 is 15.4 Å². The topological polar surface area (TPSA) is 72.9 Å². The van der Waals surface area contributed by atoms with E-state index >= 15 is 0 Å². The molecule has 0 radical (unpaired) electrons. The molecule has 1 fully saturated rings. The van der Waals surface area contributed by atoms with Gasteiger partial charge in [-0.2, -0.15) is 0 Å². The second kappa shape index (κ2) is 9.35. The van der Waals surface area contributed by atoms with Gasteiger partial charge in [0, 0.05) is 25.4 Å². The lowest BCUT2D eigenvalue weighted by Crippen LogP contribution is -2.41. The number of hydrogen-bond acceptors (Lipinski definition) is 5. The first kappa shape index (κ1) is 22.8. The van der Waals surface area contributed by atoms with Crippen molar-refractivity contribution >= 4 is 27.5 Å². The molecule has 1 amide bonds. The van der Waals surface area contributed by atoms with Crippen LogP contribution in [0.2, 0.25) is 5.02 Å². The molecule has 1 aromatic rings. The number of likely N-dealkylation sites (tertiary alicyclic amines) is 1. The second-order valence-electron chi connectivity index (χ2n) is 8.27. The second-order valence-corrected chi connectivity index (χ2v) is 10.7. The molecule has 0 saturated carbocycles. The van der Waals surface area contributed by atoms with Crippen molar-refractivity contribution < 1.29 is 22.7 Å². The summed E-state index contributed by atoms with van der Waals surface area (Å²) in [6.45, 7) is 7.62. The molecule has 0 N–H and O–H groups in total. The van der Waals surface area contributed by atoms with Crippen molar-refractivity contribution in [3.63, 3.8) is 0 Å². The SMILES string of the molecule is CC(C)(C)OC(=O)N1CCC(CCCOc2ccc(S(C)(=O)=O)c(Cl)c2)CC1. The number of nitrogens with zero attached hydrogens (tertiary/aromatic N) is 1. The molecule has 1 aromatic carbocycles. The van der Waals surface area contributed by atoms with Crippen molar-refractivity contribution in [2.24, 2.45) is 5.92 Å². The van der Waals surface area contributed by atoms with Crippen LogP contribution in [0.3, 0.4) is 0 Å². The van der Waals surface area contributed by atoms with Gasteiger partial charge in [-0.1, -0.05) is 11.6 Å². The van der Waals surface area contributed by atoms with Crippen LogP contribution in [0, 0.1) is 5.92 Å². The van der Waals surface area contributed by atoms with Gasteiger partial charge in [-0.05, 0) is 64.5 Å². The standard InChI is InChI=1S/C20H30ClNO5S/c1-20(2,3)27-19(23)22-11-9-15(10-12-22)6-5-13-26-16-7-8-18(17(21)14-16)28(4,24)25/h7-8,14-15H,5-6,9-13H2,1-4H3. The van der Waals surface area contributed by atoms with Gasteiger partial charge < -0.3 is 14.4 Å². The van der Waals surface area contributed by atoms with Crippen molar-refractivity contribution in [2.75, 3.05) is 26.0 Å². The van der Waals surface area contributed by atoms with Gasteiger partial charge in [0.25, 0.3) is 0 Å². The number of carbonyl (C=O) groups is 1. The molecule has 0 bridgehead atoms. The first-order valence-corrected chi connectivity index (χ1v) is 11.8. The third kappa shape index (κ3) is 7.17. The Morgan fingerprint density at radius 1 is 1.25 bits per heavy atom. The molecule has 0 aliphatic carbocycles. The number of carbonyl (C=O) groups excluding carboxylic acids is 1. The van der Waals surface area contributed by atoms with Gasteiger partial charge in [-0.25, -0.2) is 13.2 Å². The van der Waals surface area contributed by atoms with Gasteiger partial charge in [0.2, 0.25) is 0 Å². The number of piperidine rings is 1. The van der Waals surface area contributed by atoms with E-state index in [1.165, 1.54) is 12.1 Å². The summed E-state index contributed by atoms with van der Waals surface area (Å²) in [5.74, 6) is 1.13. The first-order chi connectivity index (χ1) is 13.0. The number of amides is 1. The Hall–Kier alpha value is -1.47. The summed E-state index contributed by atoms with van der Waals surface area (Å²) in [7, 11) is -3.34. The third-order valence-corrected chi connectivity index (χ3v) is 6.17. The predicted molar refractivity (Wildman–Crippen MR) is 110 cm³/mol. The maximum atomic E-state index is 12.1. The van der Waals surface area contributed by atoms with E-state index in [1.54, 1.807) is 11.0 Å². The highest BCUT2D eigenvalue weighted by Gasteiger charge is 2.26. The van der Waals surface area contributed by atoms with Gasteiger partial charge in [0.1, 0.15) is 11.4 Å². The number of benzene rings is 1. The van der Waals surface area contributed by atoms with E-state index in [0.29, 0.717) is 18.3 Å². The maximum Gasteiger partial charge on any atom is 0.410 e. The monoisotopic (exact) mass is 431 g/mol. The lowest BCUT2D eigenvalue weighted by Gasteiger charge is -2.33. The van der Waals surface area contributed by atoms with Gasteiger partial charge in [0.05, 0.1) is 16.5 Å². The summed E-state index contributed by atoms with van der Waals surface area (Å²) in [5.41, 5.74) is -0.465. The molecule has 0 aromatic heterocycles. The zero-order valence-electron chi connectivity index (χ0n) is 17.0. The molecule has 0 atom stereocenters. The van der Waals surface area contributed by atoms with Crippen molar-refractivity contribution in [3.05, 3.63) is 23.2 Å². The Bertz CT molecular complexity index is 780. The van der Waals surface area contributed by atoms with E-state index in [0.717, 1.165) is 45.0 Å². The summed E-state index contributed by atoms with van der Waals surface area (Å²) in [4.78, 5) is 14.0. The number of hydrogen-bond donors (Lipinski definition) is 0. The summed E-state index contributed by atoms with van der Waals surface area (Å²) >= 11 is 6.03. The molecule has 28 heavy (non-hydrogen) atoms. The molecule has 1 aliphatic rings. The zero-order valence-corrected chi connectivity index (χ0v) is 18.6. The van der Waals surface area contributed by atoms with Crippen molar-refractivity contribution in [1.82, 2.24) is 4.90 Å². The van der Waals surface area contributed by atoms with E-state index in [-0.39, 0.29) is 16.0 Å². The molecule has 0 unspecified atom stereocenters. The van der Waals surface area contributed by atoms with Gasteiger partial charge >= 0.3 is 6.09 Å². The lowest BCUT2D eigenvalue weighted by molar-refractivity contribution is 0.0179. The van der Waals surface area contributed by atoms with Crippen LogP contribution >= 0.6 is 11.6 Å². The molecule has 6 nitrogen and oxygen atoms in total. The van der Waals surface area contributed by atoms with Crippen LogP contribution in [0.5, 0.6) is 5.75 Å². The maximum absolute atomic E-state index is 12.1. The summed E-state index contributed by atoms with van der Waals surface area (Å²) < 4.78 is 34.3. The Balaban J connectivity index is 1.70. The number of rotatable bonds is 6. The van der Waals surface area contributed by atoms with E-state index in [9.17, 15) is 13.2 Å². The Kier molecular flexibility index (Phi) is 7.62. The van der Waals surface area contributed by atoms with Crippen LogP contribution in [0.1, 0.15) is 46.5 Å². The quantitative estimate of drug-likeness (QED) is 0.618. The molecule has 1 saturated heterocycles. The van der Waals surface area contributed by atoms with Crippen LogP contribution in [0.4, 0.5) is 4.79 Å². The minimum atomic E-state index is -3.34. The fraction of sp³-hybridized carbons (Fsp3) is 0.650. The fourth-order valence-electron chi connectivity index (χ4n) is 3.16. The summed E-state index contributed by atoms with van der Waals surface area (Å²) in [6, 6.07) is 4.64. The minimum absolute atomic E-state index is 0.110. The minimum Gasteiger partial charge on any atom is -0.494 e. The highest BCUT2D eigenvalue weighted by atomic mass is 35.5. The Labute approximate surface area is 173 Å². The fourth-order valence-corrected chi connectivity index (χ4v) is 4.48. The number of sulfone groups is 1.